The average molecular weight is 393 g/mol. The molecule has 1 aliphatic rings. The van der Waals surface area contributed by atoms with Gasteiger partial charge in [0, 0.05) is 35.9 Å². The minimum absolute atomic E-state index is 0.0285. The molecule has 0 aromatic heterocycles. The number of carbonyl (C=O) groups excluding carboxylic acids is 2. The summed E-state index contributed by atoms with van der Waals surface area (Å²) in [5, 5.41) is 3.28. The summed E-state index contributed by atoms with van der Waals surface area (Å²) in [5.41, 5.74) is 5.22. The van der Waals surface area contributed by atoms with Gasteiger partial charge in [0.15, 0.2) is 0 Å². The highest BCUT2D eigenvalue weighted by Crippen LogP contribution is 2.33. The zero-order valence-electron chi connectivity index (χ0n) is 17.9. The summed E-state index contributed by atoms with van der Waals surface area (Å²) in [6, 6.07) is 14.0. The van der Waals surface area contributed by atoms with E-state index >= 15 is 0 Å². The second-order valence-corrected chi connectivity index (χ2v) is 8.58. The number of piperidine rings is 1. The van der Waals surface area contributed by atoms with E-state index in [1.165, 1.54) is 11.1 Å². The molecule has 1 heterocycles. The van der Waals surface area contributed by atoms with Crippen molar-refractivity contribution in [3.63, 3.8) is 0 Å². The molecule has 0 radical (unpaired) electrons. The van der Waals surface area contributed by atoms with E-state index in [0.29, 0.717) is 17.4 Å². The number of para-hydroxylation sites is 1. The van der Waals surface area contributed by atoms with Crippen LogP contribution in [0.3, 0.4) is 0 Å². The molecule has 0 atom stereocenters. The van der Waals surface area contributed by atoms with Crippen molar-refractivity contribution in [2.45, 2.75) is 52.4 Å². The molecule has 0 aliphatic carbocycles. The zero-order chi connectivity index (χ0) is 21.0. The van der Waals surface area contributed by atoms with Gasteiger partial charge in [-0.2, -0.15) is 0 Å². The molecule has 1 fully saturated rings. The van der Waals surface area contributed by atoms with Crippen LogP contribution in [0.2, 0.25) is 0 Å². The van der Waals surface area contributed by atoms with Crippen LogP contribution in [0, 0.1) is 5.92 Å². The van der Waals surface area contributed by atoms with Crippen LogP contribution >= 0.6 is 0 Å². The molecule has 1 saturated heterocycles. The van der Waals surface area contributed by atoms with Crippen LogP contribution in [0.5, 0.6) is 0 Å². The average Bonchev–Trinajstić information content (AvgIpc) is 2.73. The summed E-state index contributed by atoms with van der Waals surface area (Å²) in [7, 11) is 0. The summed E-state index contributed by atoms with van der Waals surface area (Å²) in [4.78, 5) is 26.2. The Hall–Kier alpha value is -2.62. The van der Waals surface area contributed by atoms with Crippen LogP contribution < -0.4 is 10.2 Å². The van der Waals surface area contributed by atoms with Crippen molar-refractivity contribution in [3.8, 4) is 0 Å². The molecule has 3 rings (SSSR count). The number of amides is 1. The van der Waals surface area contributed by atoms with Crippen molar-refractivity contribution >= 4 is 23.6 Å². The molecular weight excluding hydrogens is 360 g/mol. The van der Waals surface area contributed by atoms with Crippen LogP contribution in [0.4, 0.5) is 11.4 Å². The van der Waals surface area contributed by atoms with Gasteiger partial charge in [-0.25, -0.2) is 0 Å². The topological polar surface area (TPSA) is 49.4 Å². The van der Waals surface area contributed by atoms with E-state index < -0.39 is 0 Å². The lowest BCUT2D eigenvalue weighted by Crippen LogP contribution is -2.38. The number of benzene rings is 2. The summed E-state index contributed by atoms with van der Waals surface area (Å²) in [6.07, 6.45) is 2.53. The van der Waals surface area contributed by atoms with Gasteiger partial charge in [0.2, 0.25) is 5.91 Å². The molecule has 2 aromatic carbocycles. The Kier molecular flexibility index (Phi) is 6.73. The van der Waals surface area contributed by atoms with Gasteiger partial charge < -0.3 is 10.2 Å². The second-order valence-electron chi connectivity index (χ2n) is 8.58. The molecule has 0 spiro atoms. The number of aldehydes is 1. The Bertz CT molecular complexity index is 821. The molecule has 29 heavy (non-hydrogen) atoms. The maximum atomic E-state index is 13.1. The van der Waals surface area contributed by atoms with E-state index in [-0.39, 0.29) is 11.8 Å². The highest BCUT2D eigenvalue weighted by atomic mass is 16.1. The van der Waals surface area contributed by atoms with Crippen LogP contribution in [0.15, 0.2) is 42.5 Å². The number of nitrogens with zero attached hydrogens (tertiary/aromatic N) is 1. The van der Waals surface area contributed by atoms with Gasteiger partial charge in [0.1, 0.15) is 6.29 Å². The number of nitrogens with one attached hydrogen (secondary N) is 1. The van der Waals surface area contributed by atoms with Gasteiger partial charge in [0.05, 0.1) is 0 Å². The first-order valence-electron chi connectivity index (χ1n) is 10.6. The van der Waals surface area contributed by atoms with Gasteiger partial charge in [-0.15, -0.1) is 0 Å². The first-order chi connectivity index (χ1) is 13.9. The summed E-state index contributed by atoms with van der Waals surface area (Å²) >= 11 is 0. The Morgan fingerprint density at radius 1 is 0.966 bits per heavy atom. The van der Waals surface area contributed by atoms with E-state index in [4.69, 9.17) is 0 Å². The van der Waals surface area contributed by atoms with Crippen molar-refractivity contribution in [1.82, 2.24) is 0 Å². The SMILES string of the molecule is CC(C)c1cccc(C(C)C)c1NC(=O)C1CCN(c2ccc(C=O)cc2)CC1. The van der Waals surface area contributed by atoms with Gasteiger partial charge in [0.25, 0.3) is 0 Å². The Morgan fingerprint density at radius 3 is 2.00 bits per heavy atom. The molecule has 0 saturated carbocycles. The van der Waals surface area contributed by atoms with Gasteiger partial charge in [-0.05, 0) is 60.1 Å². The zero-order valence-corrected chi connectivity index (χ0v) is 17.9. The summed E-state index contributed by atoms with van der Waals surface area (Å²) in [5.74, 6) is 0.886. The van der Waals surface area contributed by atoms with Crippen LogP contribution in [0.25, 0.3) is 0 Å². The van der Waals surface area contributed by atoms with E-state index in [1.54, 1.807) is 0 Å². The molecule has 4 nitrogen and oxygen atoms in total. The molecular formula is C25H32N2O2. The van der Waals surface area contributed by atoms with E-state index in [0.717, 1.165) is 43.6 Å². The number of rotatable bonds is 6. The van der Waals surface area contributed by atoms with Crippen molar-refractivity contribution in [2.75, 3.05) is 23.3 Å². The molecule has 4 heteroatoms. The monoisotopic (exact) mass is 392 g/mol. The summed E-state index contributed by atoms with van der Waals surface area (Å²) in [6.45, 7) is 10.4. The van der Waals surface area contributed by atoms with Crippen LogP contribution in [-0.4, -0.2) is 25.3 Å². The molecule has 0 unspecified atom stereocenters. The summed E-state index contributed by atoms with van der Waals surface area (Å²) < 4.78 is 0. The van der Waals surface area contributed by atoms with Gasteiger partial charge in [-0.3, -0.25) is 9.59 Å². The number of anilines is 2. The third kappa shape index (κ3) is 4.87. The molecule has 1 aliphatic heterocycles. The van der Waals surface area contributed by atoms with Crippen molar-refractivity contribution in [3.05, 3.63) is 59.2 Å². The minimum atomic E-state index is 0.0285. The lowest BCUT2D eigenvalue weighted by molar-refractivity contribution is -0.120. The molecule has 2 aromatic rings. The van der Waals surface area contributed by atoms with Crippen LogP contribution in [-0.2, 0) is 4.79 Å². The molecule has 154 valence electrons. The maximum Gasteiger partial charge on any atom is 0.227 e. The molecule has 1 amide bonds. The first kappa shape index (κ1) is 21.1. The molecule has 1 N–H and O–H groups in total. The Balaban J connectivity index is 1.68. The highest BCUT2D eigenvalue weighted by Gasteiger charge is 2.26. The fourth-order valence-corrected chi connectivity index (χ4v) is 4.08. The fraction of sp³-hybridized carbons (Fsp3) is 0.440. The lowest BCUT2D eigenvalue weighted by atomic mass is 9.91. The molecule has 0 bridgehead atoms. The first-order valence-corrected chi connectivity index (χ1v) is 10.6. The predicted octanol–water partition coefficient (Wildman–Crippen LogP) is 5.60. The van der Waals surface area contributed by atoms with Crippen molar-refractivity contribution in [2.24, 2.45) is 5.92 Å². The van der Waals surface area contributed by atoms with E-state index in [9.17, 15) is 9.59 Å². The minimum Gasteiger partial charge on any atom is -0.371 e. The fourth-order valence-electron chi connectivity index (χ4n) is 4.08. The second kappa shape index (κ2) is 9.25. The van der Waals surface area contributed by atoms with E-state index in [1.807, 2.05) is 24.3 Å². The third-order valence-electron chi connectivity index (χ3n) is 5.88. The number of hydrogen-bond donors (Lipinski definition) is 1. The Labute approximate surface area is 174 Å². The lowest BCUT2D eigenvalue weighted by Gasteiger charge is -2.33. The van der Waals surface area contributed by atoms with Gasteiger partial charge in [-0.1, -0.05) is 45.9 Å². The van der Waals surface area contributed by atoms with E-state index in [2.05, 4.69) is 56.1 Å². The number of carbonyl (C=O) groups is 2. The third-order valence-corrected chi connectivity index (χ3v) is 5.88. The largest absolute Gasteiger partial charge is 0.371 e. The predicted molar refractivity (Wildman–Crippen MR) is 120 cm³/mol. The quantitative estimate of drug-likeness (QED) is 0.651. The van der Waals surface area contributed by atoms with Crippen LogP contribution in [0.1, 0.15) is 73.9 Å². The smallest absolute Gasteiger partial charge is 0.227 e. The van der Waals surface area contributed by atoms with Crippen molar-refractivity contribution < 1.29 is 9.59 Å². The standard InChI is InChI=1S/C25H32N2O2/c1-17(2)22-6-5-7-23(18(3)4)24(22)26-25(29)20-12-14-27(15-13-20)21-10-8-19(16-28)9-11-21/h5-11,16-18,20H,12-15H2,1-4H3,(H,26,29). The highest BCUT2D eigenvalue weighted by molar-refractivity contribution is 5.94. The Morgan fingerprint density at radius 2 is 1.52 bits per heavy atom. The van der Waals surface area contributed by atoms with Gasteiger partial charge >= 0.3 is 0 Å². The normalized spacial score (nSPS) is 15.0. The maximum absolute atomic E-state index is 13.1. The van der Waals surface area contributed by atoms with Crippen molar-refractivity contribution in [1.29, 1.82) is 0 Å². The number of hydrogen-bond acceptors (Lipinski definition) is 3.